The first-order valence-corrected chi connectivity index (χ1v) is 16.3. The smallest absolute Gasteiger partial charge is 0.457 e. The molecular formula is C28H59NO7P+. The molecule has 0 saturated heterocycles. The van der Waals surface area contributed by atoms with Crippen molar-refractivity contribution in [2.24, 2.45) is 0 Å². The Balaban J connectivity index is 4.08. The van der Waals surface area contributed by atoms with Gasteiger partial charge in [0.2, 0.25) is 0 Å². The van der Waals surface area contributed by atoms with Crippen molar-refractivity contribution in [3.8, 4) is 0 Å². The van der Waals surface area contributed by atoms with Gasteiger partial charge < -0.3 is 18.9 Å². The molecule has 0 aromatic rings. The number of ether oxygens (including phenoxy) is 2. The van der Waals surface area contributed by atoms with Crippen LogP contribution in [-0.2, 0) is 27.9 Å². The zero-order valence-electron chi connectivity index (χ0n) is 24.7. The van der Waals surface area contributed by atoms with Gasteiger partial charge in [-0.25, -0.2) is 4.57 Å². The highest BCUT2D eigenvalue weighted by Gasteiger charge is 2.26. The number of likely N-dealkylation sites (N-methyl/N-ethyl adjacent to an activating group) is 1. The predicted octanol–water partition coefficient (Wildman–Crippen LogP) is 7.04. The van der Waals surface area contributed by atoms with Gasteiger partial charge in [0.15, 0.2) is 0 Å². The number of carbonyl (C=O) groups excluding carboxylic acids is 1. The van der Waals surface area contributed by atoms with E-state index in [2.05, 4.69) is 6.92 Å². The minimum absolute atomic E-state index is 0.0911. The molecule has 0 saturated carbocycles. The Bertz CT molecular complexity index is 583. The lowest BCUT2D eigenvalue weighted by Crippen LogP contribution is -2.37. The minimum Gasteiger partial charge on any atom is -0.457 e. The normalized spacial score (nSPS) is 14.4. The summed E-state index contributed by atoms with van der Waals surface area (Å²) in [5.41, 5.74) is 0. The first kappa shape index (κ1) is 36.5. The summed E-state index contributed by atoms with van der Waals surface area (Å²) >= 11 is 0. The number of carbonyl (C=O) groups is 1. The topological polar surface area (TPSA) is 91.3 Å². The molecule has 0 aromatic heterocycles. The molecule has 0 spiro atoms. The van der Waals surface area contributed by atoms with Crippen LogP contribution in [0.3, 0.4) is 0 Å². The van der Waals surface area contributed by atoms with Crippen molar-refractivity contribution < 1.29 is 37.3 Å². The van der Waals surface area contributed by atoms with E-state index in [4.69, 9.17) is 18.5 Å². The highest BCUT2D eigenvalue weighted by Crippen LogP contribution is 2.43. The fraction of sp³-hybridized carbons (Fsp3) is 0.964. The molecule has 9 heteroatoms. The molecule has 0 rings (SSSR count). The molecule has 2 unspecified atom stereocenters. The Morgan fingerprint density at radius 2 is 1.24 bits per heavy atom. The molecule has 0 bridgehead atoms. The molecule has 0 heterocycles. The number of unbranched alkanes of at least 4 members (excludes halogenated alkanes) is 13. The maximum absolute atomic E-state index is 12.2. The highest BCUT2D eigenvalue weighted by molar-refractivity contribution is 7.47. The molecule has 0 aliphatic heterocycles. The third-order valence-corrected chi connectivity index (χ3v) is 7.15. The molecule has 0 amide bonds. The van der Waals surface area contributed by atoms with E-state index in [0.29, 0.717) is 24.1 Å². The van der Waals surface area contributed by atoms with E-state index in [1.54, 1.807) is 0 Å². The van der Waals surface area contributed by atoms with E-state index in [-0.39, 0.29) is 25.8 Å². The Morgan fingerprint density at radius 1 is 0.730 bits per heavy atom. The van der Waals surface area contributed by atoms with Gasteiger partial charge in [-0.15, -0.1) is 0 Å². The number of phosphoric ester groups is 1. The van der Waals surface area contributed by atoms with E-state index < -0.39 is 13.9 Å². The Labute approximate surface area is 228 Å². The summed E-state index contributed by atoms with van der Waals surface area (Å²) in [5.74, 6) is -0.348. The molecule has 0 fully saturated rings. The van der Waals surface area contributed by atoms with Crippen LogP contribution in [0.4, 0.5) is 0 Å². The Kier molecular flexibility index (Phi) is 23.1. The maximum Gasteiger partial charge on any atom is 0.472 e. The summed E-state index contributed by atoms with van der Waals surface area (Å²) in [6.07, 6.45) is 17.9. The van der Waals surface area contributed by atoms with E-state index >= 15 is 0 Å². The maximum atomic E-state index is 12.2. The van der Waals surface area contributed by atoms with Crippen LogP contribution < -0.4 is 0 Å². The fourth-order valence-electron chi connectivity index (χ4n) is 3.76. The van der Waals surface area contributed by atoms with Gasteiger partial charge in [-0.3, -0.25) is 13.8 Å². The van der Waals surface area contributed by atoms with Crippen molar-refractivity contribution in [3.63, 3.8) is 0 Å². The molecule has 0 aromatic carbocycles. The Hall–Kier alpha value is -0.500. The van der Waals surface area contributed by atoms with Crippen molar-refractivity contribution in [1.29, 1.82) is 0 Å². The average Bonchev–Trinajstić information content (AvgIpc) is 2.82. The van der Waals surface area contributed by atoms with Crippen LogP contribution >= 0.6 is 7.82 Å². The number of hydrogen-bond acceptors (Lipinski definition) is 6. The van der Waals surface area contributed by atoms with Gasteiger partial charge in [0.25, 0.3) is 0 Å². The minimum atomic E-state index is -4.23. The van der Waals surface area contributed by atoms with E-state index in [1.807, 2.05) is 28.1 Å². The second-order valence-electron chi connectivity index (χ2n) is 11.1. The number of nitrogens with zero attached hydrogens (tertiary/aromatic N) is 1. The lowest BCUT2D eigenvalue weighted by molar-refractivity contribution is -0.870. The van der Waals surface area contributed by atoms with Gasteiger partial charge in [0.05, 0.1) is 34.4 Å². The summed E-state index contributed by atoms with van der Waals surface area (Å²) < 4.78 is 34.1. The third-order valence-electron chi connectivity index (χ3n) is 6.17. The average molecular weight is 553 g/mol. The van der Waals surface area contributed by atoms with Crippen LogP contribution in [0.2, 0.25) is 0 Å². The lowest BCUT2D eigenvalue weighted by Gasteiger charge is -2.24. The first-order chi connectivity index (χ1) is 17.6. The van der Waals surface area contributed by atoms with Crippen molar-refractivity contribution >= 4 is 13.8 Å². The standard InChI is InChI=1S/C28H58NO7P/c1-6-8-10-11-12-13-14-15-16-17-18-19-20-23-33-25-27(36-28(30)21-9-7-2)26-35-37(31,32)34-24-22-29(3,4)5/h27H,6-26H2,1-5H3/p+1. The van der Waals surface area contributed by atoms with Crippen LogP contribution in [0, 0.1) is 0 Å². The molecule has 222 valence electrons. The lowest BCUT2D eigenvalue weighted by atomic mass is 10.0. The van der Waals surface area contributed by atoms with E-state index in [9.17, 15) is 14.3 Å². The Morgan fingerprint density at radius 3 is 1.76 bits per heavy atom. The predicted molar refractivity (Wildman–Crippen MR) is 151 cm³/mol. The van der Waals surface area contributed by atoms with Crippen LogP contribution in [0.15, 0.2) is 0 Å². The first-order valence-electron chi connectivity index (χ1n) is 14.8. The second kappa shape index (κ2) is 23.4. The molecule has 0 aliphatic carbocycles. The van der Waals surface area contributed by atoms with Crippen LogP contribution in [0.5, 0.6) is 0 Å². The summed E-state index contributed by atoms with van der Waals surface area (Å²) in [5, 5.41) is 0. The monoisotopic (exact) mass is 552 g/mol. The SMILES string of the molecule is CCCCCCCCCCCCCCCOCC(COP(=O)(O)OCC[N+](C)(C)C)OC(=O)CCCC. The summed E-state index contributed by atoms with van der Waals surface area (Å²) in [7, 11) is 1.67. The summed E-state index contributed by atoms with van der Waals surface area (Å²) in [6, 6.07) is 0. The quantitative estimate of drug-likeness (QED) is 0.0506. The van der Waals surface area contributed by atoms with Crippen molar-refractivity contribution in [2.45, 2.75) is 123 Å². The van der Waals surface area contributed by atoms with Gasteiger partial charge in [-0.2, -0.15) is 0 Å². The molecule has 0 aliphatic rings. The van der Waals surface area contributed by atoms with Crippen LogP contribution in [-0.4, -0.2) is 75.6 Å². The van der Waals surface area contributed by atoms with Gasteiger partial charge in [-0.1, -0.05) is 97.3 Å². The molecule has 37 heavy (non-hydrogen) atoms. The van der Waals surface area contributed by atoms with Gasteiger partial charge in [-0.05, 0) is 12.8 Å². The largest absolute Gasteiger partial charge is 0.472 e. The van der Waals surface area contributed by atoms with E-state index in [0.717, 1.165) is 25.7 Å². The summed E-state index contributed by atoms with van der Waals surface area (Å²) in [6.45, 7) is 5.37. The van der Waals surface area contributed by atoms with Crippen molar-refractivity contribution in [1.82, 2.24) is 0 Å². The van der Waals surface area contributed by atoms with E-state index in [1.165, 1.54) is 70.6 Å². The van der Waals surface area contributed by atoms with Gasteiger partial charge >= 0.3 is 13.8 Å². The third kappa shape index (κ3) is 26.9. The summed E-state index contributed by atoms with van der Waals surface area (Å²) in [4.78, 5) is 22.0. The zero-order chi connectivity index (χ0) is 27.8. The fourth-order valence-corrected chi connectivity index (χ4v) is 4.50. The van der Waals surface area contributed by atoms with Crippen LogP contribution in [0.25, 0.3) is 0 Å². The highest BCUT2D eigenvalue weighted by atomic mass is 31.2. The molecule has 8 nitrogen and oxygen atoms in total. The zero-order valence-corrected chi connectivity index (χ0v) is 25.6. The van der Waals surface area contributed by atoms with Crippen molar-refractivity contribution in [3.05, 3.63) is 0 Å². The van der Waals surface area contributed by atoms with Gasteiger partial charge in [0.1, 0.15) is 19.3 Å². The second-order valence-corrected chi connectivity index (χ2v) is 12.6. The number of hydrogen-bond donors (Lipinski definition) is 1. The molecule has 2 atom stereocenters. The number of rotatable bonds is 27. The molecule has 0 radical (unpaired) electrons. The number of esters is 1. The number of phosphoric acid groups is 1. The number of quaternary nitrogens is 1. The van der Waals surface area contributed by atoms with Crippen molar-refractivity contribution in [2.75, 3.05) is 54.1 Å². The van der Waals surface area contributed by atoms with Gasteiger partial charge in [0, 0.05) is 13.0 Å². The molecular weight excluding hydrogens is 493 g/mol. The van der Waals surface area contributed by atoms with Crippen LogP contribution in [0.1, 0.15) is 117 Å². The molecule has 1 N–H and O–H groups in total.